The molecule has 0 unspecified atom stereocenters. The number of carbonyl (C=O) groups is 3. The molecule has 38 heavy (non-hydrogen) atoms. The molecule has 1 N–H and O–H groups in total. The maximum Gasteiger partial charge on any atom is 0.407 e. The van der Waals surface area contributed by atoms with Gasteiger partial charge in [0.1, 0.15) is 12.1 Å². The second-order valence-electron chi connectivity index (χ2n) is 11.4. The van der Waals surface area contributed by atoms with E-state index in [1.807, 2.05) is 25.1 Å². The van der Waals surface area contributed by atoms with Crippen LogP contribution in [0.25, 0.3) is 6.08 Å². The summed E-state index contributed by atoms with van der Waals surface area (Å²) in [6, 6.07) is 7.45. The lowest BCUT2D eigenvalue weighted by atomic mass is 10.1. The molecule has 0 aliphatic carbocycles. The highest BCUT2D eigenvalue weighted by atomic mass is 28.3. The molecule has 0 aromatic heterocycles. The van der Waals surface area contributed by atoms with E-state index in [1.54, 1.807) is 4.90 Å². The van der Waals surface area contributed by atoms with Crippen molar-refractivity contribution in [2.75, 3.05) is 19.8 Å². The van der Waals surface area contributed by atoms with Crippen LogP contribution in [0.1, 0.15) is 56.6 Å². The molecule has 9 heteroatoms. The lowest BCUT2D eigenvalue weighted by Crippen LogP contribution is -2.52. The number of hydrogen-bond donors (Lipinski definition) is 1. The van der Waals surface area contributed by atoms with Crippen molar-refractivity contribution in [1.29, 1.82) is 0 Å². The Morgan fingerprint density at radius 1 is 1.24 bits per heavy atom. The highest BCUT2D eigenvalue weighted by Crippen LogP contribution is 2.25. The van der Waals surface area contributed by atoms with Crippen molar-refractivity contribution < 1.29 is 28.6 Å². The van der Waals surface area contributed by atoms with Gasteiger partial charge in [-0.25, -0.2) is 9.59 Å². The highest BCUT2D eigenvalue weighted by molar-refractivity contribution is 6.76. The SMILES string of the molecule is CCCC[C@@H]1NC(=O)OCCC/C=C/c2cccc(c2)CO[C@@H]2C[C@@H](C(=O)OCC[Si](C)(C)C)N(C2)C1=O. The zero-order chi connectivity index (χ0) is 27.5. The van der Waals surface area contributed by atoms with E-state index >= 15 is 0 Å². The Morgan fingerprint density at radius 3 is 2.82 bits per heavy atom. The predicted octanol–water partition coefficient (Wildman–Crippen LogP) is 5.15. The molecule has 1 fully saturated rings. The Bertz CT molecular complexity index is 976. The number of benzene rings is 1. The predicted molar refractivity (Wildman–Crippen MR) is 150 cm³/mol. The third kappa shape index (κ3) is 9.58. The van der Waals surface area contributed by atoms with E-state index in [4.69, 9.17) is 14.2 Å². The van der Waals surface area contributed by atoms with Crippen LogP contribution in [-0.2, 0) is 30.4 Å². The fourth-order valence-electron chi connectivity index (χ4n) is 4.58. The number of fused-ring (bicyclic) bond motifs is 4. The van der Waals surface area contributed by atoms with Gasteiger partial charge in [-0.1, -0.05) is 69.8 Å². The molecule has 1 aromatic rings. The number of carbonyl (C=O) groups excluding carboxylic acids is 3. The van der Waals surface area contributed by atoms with Gasteiger partial charge in [-0.05, 0) is 42.5 Å². The number of nitrogens with one attached hydrogen (secondary N) is 1. The van der Waals surface area contributed by atoms with Crippen molar-refractivity contribution in [2.45, 2.75) is 95.9 Å². The minimum absolute atomic E-state index is 0.260. The van der Waals surface area contributed by atoms with Gasteiger partial charge in [0.05, 0.1) is 25.9 Å². The van der Waals surface area contributed by atoms with Crippen LogP contribution in [0.15, 0.2) is 30.3 Å². The maximum absolute atomic E-state index is 13.7. The molecule has 0 saturated carbocycles. The number of esters is 1. The summed E-state index contributed by atoms with van der Waals surface area (Å²) in [4.78, 5) is 41.0. The number of alkyl carbamates (subject to hydrolysis) is 1. The molecular formula is C29H44N2O6Si. The van der Waals surface area contributed by atoms with E-state index in [-0.39, 0.29) is 25.2 Å². The monoisotopic (exact) mass is 544 g/mol. The first kappa shape index (κ1) is 29.9. The number of allylic oxidation sites excluding steroid dienone is 1. The van der Waals surface area contributed by atoms with E-state index in [0.717, 1.165) is 36.4 Å². The summed E-state index contributed by atoms with van der Waals surface area (Å²) in [5.41, 5.74) is 2.10. The minimum Gasteiger partial charge on any atom is -0.464 e. The van der Waals surface area contributed by atoms with Crippen molar-refractivity contribution in [3.05, 3.63) is 41.5 Å². The van der Waals surface area contributed by atoms with Gasteiger partial charge in [-0.15, -0.1) is 0 Å². The zero-order valence-corrected chi connectivity index (χ0v) is 24.4. The van der Waals surface area contributed by atoms with Crippen LogP contribution >= 0.6 is 0 Å². The van der Waals surface area contributed by atoms with Crippen LogP contribution in [0.5, 0.6) is 0 Å². The topological polar surface area (TPSA) is 94.2 Å². The van der Waals surface area contributed by atoms with Crippen LogP contribution in [0.4, 0.5) is 4.79 Å². The van der Waals surface area contributed by atoms with Gasteiger partial charge >= 0.3 is 12.1 Å². The van der Waals surface area contributed by atoms with Gasteiger partial charge in [0.25, 0.3) is 0 Å². The minimum atomic E-state index is -1.38. The average Bonchev–Trinajstić information content (AvgIpc) is 3.30. The van der Waals surface area contributed by atoms with Crippen molar-refractivity contribution in [3.8, 4) is 0 Å². The van der Waals surface area contributed by atoms with E-state index in [2.05, 4.69) is 43.2 Å². The Kier molecular flexibility index (Phi) is 11.4. The first-order valence-electron chi connectivity index (χ1n) is 13.9. The lowest BCUT2D eigenvalue weighted by molar-refractivity contribution is -0.153. The molecule has 8 nitrogen and oxygen atoms in total. The van der Waals surface area contributed by atoms with Crippen molar-refractivity contribution >= 4 is 32.1 Å². The van der Waals surface area contributed by atoms with Crippen LogP contribution in [-0.4, -0.2) is 68.9 Å². The second-order valence-corrected chi connectivity index (χ2v) is 17.0. The number of unbranched alkanes of at least 4 members (excludes halogenated alkanes) is 1. The summed E-state index contributed by atoms with van der Waals surface area (Å²) in [7, 11) is -1.38. The Balaban J connectivity index is 1.82. The summed E-state index contributed by atoms with van der Waals surface area (Å²) in [5, 5.41) is 2.76. The largest absolute Gasteiger partial charge is 0.464 e. The fourth-order valence-corrected chi connectivity index (χ4v) is 5.29. The van der Waals surface area contributed by atoms with Gasteiger partial charge in [0, 0.05) is 21.0 Å². The molecule has 4 bridgehead atoms. The summed E-state index contributed by atoms with van der Waals surface area (Å²) < 4.78 is 17.2. The van der Waals surface area contributed by atoms with Crippen molar-refractivity contribution in [2.24, 2.45) is 0 Å². The third-order valence-electron chi connectivity index (χ3n) is 6.85. The molecule has 0 radical (unpaired) electrons. The number of nitrogens with zero attached hydrogens (tertiary/aromatic N) is 1. The van der Waals surface area contributed by atoms with Gasteiger partial charge in [0.2, 0.25) is 5.91 Å². The lowest BCUT2D eigenvalue weighted by Gasteiger charge is -2.28. The summed E-state index contributed by atoms with van der Waals surface area (Å²) in [6.07, 6.45) is 7.10. The summed E-state index contributed by atoms with van der Waals surface area (Å²) >= 11 is 0. The van der Waals surface area contributed by atoms with E-state index < -0.39 is 32.2 Å². The molecule has 2 aliphatic rings. The van der Waals surface area contributed by atoms with Crippen LogP contribution < -0.4 is 5.32 Å². The van der Waals surface area contributed by atoms with E-state index in [1.165, 1.54) is 0 Å². The second kappa shape index (κ2) is 14.5. The van der Waals surface area contributed by atoms with Crippen molar-refractivity contribution in [3.63, 3.8) is 0 Å². The first-order chi connectivity index (χ1) is 18.2. The van der Waals surface area contributed by atoms with Crippen molar-refractivity contribution in [1.82, 2.24) is 10.2 Å². The molecule has 3 rings (SSSR count). The Labute approximate surface area is 228 Å². The number of rotatable bonds is 7. The Morgan fingerprint density at radius 2 is 2.05 bits per heavy atom. The van der Waals surface area contributed by atoms with Crippen LogP contribution in [0.3, 0.4) is 0 Å². The van der Waals surface area contributed by atoms with Gasteiger partial charge in [-0.3, -0.25) is 4.79 Å². The molecule has 2 aliphatic heterocycles. The maximum atomic E-state index is 13.7. The van der Waals surface area contributed by atoms with Crippen LogP contribution in [0.2, 0.25) is 25.7 Å². The van der Waals surface area contributed by atoms with Gasteiger partial charge in [0.15, 0.2) is 0 Å². The average molecular weight is 545 g/mol. The molecule has 210 valence electrons. The molecule has 3 atom stereocenters. The van der Waals surface area contributed by atoms with Gasteiger partial charge < -0.3 is 24.4 Å². The Hall–Kier alpha value is -2.65. The number of cyclic esters (lactones) is 1. The quantitative estimate of drug-likeness (QED) is 0.377. The van der Waals surface area contributed by atoms with Crippen LogP contribution in [0, 0.1) is 0 Å². The summed E-state index contributed by atoms with van der Waals surface area (Å²) in [5.74, 6) is -0.697. The van der Waals surface area contributed by atoms with E-state index in [0.29, 0.717) is 32.5 Å². The van der Waals surface area contributed by atoms with Gasteiger partial charge in [-0.2, -0.15) is 0 Å². The fraction of sp³-hybridized carbons (Fsp3) is 0.621. The number of ether oxygens (including phenoxy) is 3. The normalized spacial score (nSPS) is 24.1. The zero-order valence-electron chi connectivity index (χ0n) is 23.4. The molecule has 2 heterocycles. The molecule has 1 saturated heterocycles. The molecule has 2 amide bonds. The standard InChI is InChI=1S/C29H44N2O6Si/c1-5-6-14-25-27(32)31-20-24(19-26(31)28(33)35-16-17-38(2,3)4)37-21-23-13-10-12-22(18-23)11-8-7-9-15-36-29(34)30-25/h8,10-13,18,24-26H,5-7,9,14-17,19-21H2,1-4H3,(H,30,34)/b11-8+/t24-,25+,26+/m1/s1. The molecule has 0 spiro atoms. The summed E-state index contributed by atoms with van der Waals surface area (Å²) in [6.45, 7) is 9.98. The number of hydrogen-bond acceptors (Lipinski definition) is 6. The van der Waals surface area contributed by atoms with E-state index in [9.17, 15) is 14.4 Å². The molecular weight excluding hydrogens is 500 g/mol. The first-order valence-corrected chi connectivity index (χ1v) is 17.6. The number of amides is 2. The highest BCUT2D eigenvalue weighted by Gasteiger charge is 2.43. The smallest absolute Gasteiger partial charge is 0.407 e. The third-order valence-corrected chi connectivity index (χ3v) is 8.55. The molecule has 1 aromatic carbocycles.